The molecular weight excluding hydrogens is 252 g/mol. The third kappa shape index (κ3) is 4.47. The number of aliphatic hydroxyl groups is 1. The lowest BCUT2D eigenvalue weighted by atomic mass is 10.1. The molecule has 2 N–H and O–H groups in total. The van der Waals surface area contributed by atoms with E-state index < -0.39 is 0 Å². The van der Waals surface area contributed by atoms with Gasteiger partial charge in [0.05, 0.1) is 11.8 Å². The fourth-order valence-electron chi connectivity index (χ4n) is 2.10. The lowest BCUT2D eigenvalue weighted by Crippen LogP contribution is -2.27. The standard InChI is InChI=1S/C16H22N2O2/c1-12(2)8-15(19)10-17-9-14-11-20-16(18-14)13-6-4-3-5-7-13/h3-7,11-12,15,17,19H,8-10H2,1-2H3. The smallest absolute Gasteiger partial charge is 0.226 e. The van der Waals surface area contributed by atoms with Crippen molar-refractivity contribution in [1.82, 2.24) is 10.3 Å². The van der Waals surface area contributed by atoms with Gasteiger partial charge < -0.3 is 14.8 Å². The number of nitrogens with one attached hydrogen (secondary N) is 1. The molecule has 1 aromatic heterocycles. The van der Waals surface area contributed by atoms with E-state index in [1.54, 1.807) is 6.26 Å². The van der Waals surface area contributed by atoms with Gasteiger partial charge in [-0.2, -0.15) is 0 Å². The number of hydrogen-bond acceptors (Lipinski definition) is 4. The first-order valence-electron chi connectivity index (χ1n) is 7.03. The largest absolute Gasteiger partial charge is 0.444 e. The maximum atomic E-state index is 9.77. The predicted molar refractivity (Wildman–Crippen MR) is 79.1 cm³/mol. The second kappa shape index (κ2) is 7.22. The van der Waals surface area contributed by atoms with Gasteiger partial charge in [-0.05, 0) is 24.5 Å². The highest BCUT2D eigenvalue weighted by atomic mass is 16.3. The van der Waals surface area contributed by atoms with Crippen LogP contribution in [0.2, 0.25) is 0 Å². The van der Waals surface area contributed by atoms with Crippen molar-refractivity contribution in [3.05, 3.63) is 42.3 Å². The Morgan fingerprint density at radius 3 is 2.70 bits per heavy atom. The summed E-state index contributed by atoms with van der Waals surface area (Å²) in [5, 5.41) is 13.0. The molecule has 0 aliphatic heterocycles. The summed E-state index contributed by atoms with van der Waals surface area (Å²) < 4.78 is 5.46. The van der Waals surface area contributed by atoms with Crippen LogP contribution in [0, 0.1) is 5.92 Å². The molecule has 1 unspecified atom stereocenters. The number of oxazole rings is 1. The minimum absolute atomic E-state index is 0.310. The van der Waals surface area contributed by atoms with E-state index in [1.165, 1.54) is 0 Å². The number of rotatable bonds is 7. The van der Waals surface area contributed by atoms with E-state index in [-0.39, 0.29) is 6.10 Å². The molecule has 0 amide bonds. The molecule has 2 aromatic rings. The van der Waals surface area contributed by atoms with Crippen molar-refractivity contribution in [2.75, 3.05) is 6.54 Å². The average Bonchev–Trinajstić information content (AvgIpc) is 2.88. The summed E-state index contributed by atoms with van der Waals surface area (Å²) in [6.07, 6.45) is 2.15. The highest BCUT2D eigenvalue weighted by Gasteiger charge is 2.08. The molecule has 0 aliphatic rings. The monoisotopic (exact) mass is 274 g/mol. The van der Waals surface area contributed by atoms with Gasteiger partial charge in [-0.1, -0.05) is 32.0 Å². The Balaban J connectivity index is 1.82. The quantitative estimate of drug-likeness (QED) is 0.815. The number of benzene rings is 1. The first kappa shape index (κ1) is 14.8. The summed E-state index contributed by atoms with van der Waals surface area (Å²) in [5.41, 5.74) is 1.82. The molecule has 0 radical (unpaired) electrons. The van der Waals surface area contributed by atoms with Crippen molar-refractivity contribution in [2.45, 2.75) is 32.9 Å². The molecule has 0 aliphatic carbocycles. The molecule has 4 nitrogen and oxygen atoms in total. The highest BCUT2D eigenvalue weighted by Crippen LogP contribution is 2.17. The van der Waals surface area contributed by atoms with E-state index in [0.717, 1.165) is 17.7 Å². The van der Waals surface area contributed by atoms with Crippen LogP contribution in [0.4, 0.5) is 0 Å². The summed E-state index contributed by atoms with van der Waals surface area (Å²) >= 11 is 0. The van der Waals surface area contributed by atoms with Crippen LogP contribution in [-0.4, -0.2) is 22.7 Å². The topological polar surface area (TPSA) is 58.3 Å². The van der Waals surface area contributed by atoms with Gasteiger partial charge in [0.2, 0.25) is 5.89 Å². The molecule has 108 valence electrons. The zero-order valence-electron chi connectivity index (χ0n) is 12.0. The van der Waals surface area contributed by atoms with Crippen molar-refractivity contribution in [2.24, 2.45) is 5.92 Å². The molecule has 1 atom stereocenters. The Bertz CT molecular complexity index is 508. The Labute approximate surface area is 119 Å². The maximum Gasteiger partial charge on any atom is 0.226 e. The Morgan fingerprint density at radius 2 is 2.00 bits per heavy atom. The summed E-state index contributed by atoms with van der Waals surface area (Å²) in [6.45, 7) is 5.39. The first-order chi connectivity index (χ1) is 9.65. The Hall–Kier alpha value is -1.65. The zero-order chi connectivity index (χ0) is 14.4. The second-order valence-electron chi connectivity index (χ2n) is 5.42. The normalized spacial score (nSPS) is 12.8. The van der Waals surface area contributed by atoms with Crippen LogP contribution in [0.15, 0.2) is 41.0 Å². The number of nitrogens with zero attached hydrogens (tertiary/aromatic N) is 1. The van der Waals surface area contributed by atoms with Crippen molar-refractivity contribution in [3.63, 3.8) is 0 Å². The second-order valence-corrected chi connectivity index (χ2v) is 5.42. The fraction of sp³-hybridized carbons (Fsp3) is 0.438. The maximum absolute atomic E-state index is 9.77. The van der Waals surface area contributed by atoms with Crippen LogP contribution < -0.4 is 5.32 Å². The molecule has 1 aromatic carbocycles. The number of hydrogen-bond donors (Lipinski definition) is 2. The Morgan fingerprint density at radius 1 is 1.25 bits per heavy atom. The van der Waals surface area contributed by atoms with Crippen molar-refractivity contribution < 1.29 is 9.52 Å². The van der Waals surface area contributed by atoms with Gasteiger partial charge in [-0.3, -0.25) is 0 Å². The molecular formula is C16H22N2O2. The third-order valence-corrected chi connectivity index (χ3v) is 3.00. The number of aromatic nitrogens is 1. The molecule has 0 fully saturated rings. The van der Waals surface area contributed by atoms with Crippen LogP contribution in [0.25, 0.3) is 11.5 Å². The fourth-order valence-corrected chi connectivity index (χ4v) is 2.10. The molecule has 0 spiro atoms. The molecule has 1 heterocycles. The molecule has 0 saturated heterocycles. The molecule has 4 heteroatoms. The van der Waals surface area contributed by atoms with Crippen molar-refractivity contribution >= 4 is 0 Å². The van der Waals surface area contributed by atoms with Gasteiger partial charge in [0, 0.05) is 18.7 Å². The van der Waals surface area contributed by atoms with Crippen LogP contribution in [0.1, 0.15) is 26.0 Å². The van der Waals surface area contributed by atoms with E-state index >= 15 is 0 Å². The predicted octanol–water partition coefficient (Wildman–Crippen LogP) is 2.84. The summed E-state index contributed by atoms with van der Waals surface area (Å²) in [7, 11) is 0. The van der Waals surface area contributed by atoms with E-state index in [4.69, 9.17) is 4.42 Å². The molecule has 2 rings (SSSR count). The van der Waals surface area contributed by atoms with E-state index in [9.17, 15) is 5.11 Å². The van der Waals surface area contributed by atoms with Crippen LogP contribution in [0.5, 0.6) is 0 Å². The minimum atomic E-state index is -0.310. The summed E-state index contributed by atoms with van der Waals surface area (Å²) in [4.78, 5) is 4.43. The zero-order valence-corrected chi connectivity index (χ0v) is 12.0. The van der Waals surface area contributed by atoms with E-state index in [2.05, 4.69) is 24.1 Å². The van der Waals surface area contributed by atoms with Gasteiger partial charge in [0.15, 0.2) is 0 Å². The van der Waals surface area contributed by atoms with E-state index in [0.29, 0.717) is 24.9 Å². The molecule has 0 saturated carbocycles. The van der Waals surface area contributed by atoms with Gasteiger partial charge in [-0.15, -0.1) is 0 Å². The van der Waals surface area contributed by atoms with Gasteiger partial charge >= 0.3 is 0 Å². The minimum Gasteiger partial charge on any atom is -0.444 e. The van der Waals surface area contributed by atoms with Crippen LogP contribution in [0.3, 0.4) is 0 Å². The lowest BCUT2D eigenvalue weighted by molar-refractivity contribution is 0.146. The van der Waals surface area contributed by atoms with Crippen LogP contribution >= 0.6 is 0 Å². The summed E-state index contributed by atoms with van der Waals surface area (Å²) in [6, 6.07) is 9.81. The van der Waals surface area contributed by atoms with Gasteiger partial charge in [0.25, 0.3) is 0 Å². The van der Waals surface area contributed by atoms with Crippen LogP contribution in [-0.2, 0) is 6.54 Å². The third-order valence-electron chi connectivity index (χ3n) is 3.00. The van der Waals surface area contributed by atoms with Crippen molar-refractivity contribution in [3.8, 4) is 11.5 Å². The highest BCUT2D eigenvalue weighted by molar-refractivity contribution is 5.52. The SMILES string of the molecule is CC(C)CC(O)CNCc1coc(-c2ccccc2)n1. The molecule has 0 bridgehead atoms. The van der Waals surface area contributed by atoms with Crippen molar-refractivity contribution in [1.29, 1.82) is 0 Å². The van der Waals surface area contributed by atoms with Gasteiger partial charge in [-0.25, -0.2) is 4.98 Å². The summed E-state index contributed by atoms with van der Waals surface area (Å²) in [5.74, 6) is 1.13. The average molecular weight is 274 g/mol. The van der Waals surface area contributed by atoms with E-state index in [1.807, 2.05) is 30.3 Å². The molecule has 20 heavy (non-hydrogen) atoms. The number of aliphatic hydroxyl groups excluding tert-OH is 1. The Kier molecular flexibility index (Phi) is 5.32. The first-order valence-corrected chi connectivity index (χ1v) is 7.03. The lowest BCUT2D eigenvalue weighted by Gasteiger charge is -2.12. The van der Waals surface area contributed by atoms with Gasteiger partial charge in [0.1, 0.15) is 6.26 Å².